The molecule has 1 aliphatic rings. The normalized spacial score (nSPS) is 22.7. The van der Waals surface area contributed by atoms with Gasteiger partial charge in [-0.2, -0.15) is 0 Å². The van der Waals surface area contributed by atoms with Gasteiger partial charge in [-0.15, -0.1) is 0 Å². The highest BCUT2D eigenvalue weighted by Gasteiger charge is 2.29. The Morgan fingerprint density at radius 1 is 1.44 bits per heavy atom. The first-order valence-electron chi connectivity index (χ1n) is 5.43. The maximum atomic E-state index is 12.1. The van der Waals surface area contributed by atoms with Crippen molar-refractivity contribution in [2.24, 2.45) is 0 Å². The minimum atomic E-state index is -3.50. The van der Waals surface area contributed by atoms with E-state index < -0.39 is 7.52 Å². The Bertz CT molecular complexity index is 716. The van der Waals surface area contributed by atoms with Crippen LogP contribution < -0.4 is 5.09 Å². The van der Waals surface area contributed by atoms with Gasteiger partial charge in [-0.3, -0.25) is 14.2 Å². The first-order valence-corrected chi connectivity index (χ1v) is 7.27. The first-order chi connectivity index (χ1) is 8.48. The molecule has 2 N–H and O–H groups in total. The van der Waals surface area contributed by atoms with E-state index in [4.69, 9.17) is 0 Å². The Balaban J connectivity index is 2.42. The zero-order chi connectivity index (χ0) is 12.9. The standard InChI is InChI=1S/C10H12N5O2P/c1-6(2)7-3-18(16,17)14-10-8-9(11-4-12-10)13-5-15(7)8/h4-5H,3H2,1-2H3,(H2,11,12,14,16,17). The molecule has 0 saturated heterocycles. The van der Waals surface area contributed by atoms with Crippen LogP contribution in [0.2, 0.25) is 0 Å². The quantitative estimate of drug-likeness (QED) is 0.704. The molecule has 3 heterocycles. The lowest BCUT2D eigenvalue weighted by atomic mass is 10.2. The maximum absolute atomic E-state index is 12.1. The van der Waals surface area contributed by atoms with E-state index in [0.717, 1.165) is 11.3 Å². The van der Waals surface area contributed by atoms with Crippen LogP contribution in [0.15, 0.2) is 18.2 Å². The number of hydrogen-bond acceptors (Lipinski definition) is 4. The van der Waals surface area contributed by atoms with Crippen LogP contribution in [0.5, 0.6) is 0 Å². The van der Waals surface area contributed by atoms with Crippen molar-refractivity contribution >= 4 is 30.2 Å². The van der Waals surface area contributed by atoms with Crippen LogP contribution in [0.1, 0.15) is 13.8 Å². The number of allylic oxidation sites excluding steroid dienone is 2. The summed E-state index contributed by atoms with van der Waals surface area (Å²) in [5.41, 5.74) is 2.86. The molecule has 2 aromatic rings. The Morgan fingerprint density at radius 3 is 2.94 bits per heavy atom. The van der Waals surface area contributed by atoms with Gasteiger partial charge in [0.05, 0.1) is 6.16 Å². The summed E-state index contributed by atoms with van der Waals surface area (Å²) in [6.45, 7) is 3.80. The fourth-order valence-electron chi connectivity index (χ4n) is 2.03. The highest BCUT2D eigenvalue weighted by Crippen LogP contribution is 2.47. The maximum Gasteiger partial charge on any atom is 0.298 e. The van der Waals surface area contributed by atoms with Gasteiger partial charge in [-0.05, 0) is 13.8 Å². The number of rotatable bonds is 0. The van der Waals surface area contributed by atoms with Crippen molar-refractivity contribution in [1.29, 1.82) is 0 Å². The number of aromatic nitrogens is 4. The van der Waals surface area contributed by atoms with E-state index in [1.807, 2.05) is 13.8 Å². The van der Waals surface area contributed by atoms with Crippen molar-refractivity contribution in [2.75, 3.05) is 11.2 Å². The minimum Gasteiger partial charge on any atom is -0.329 e. The van der Waals surface area contributed by atoms with Crippen LogP contribution >= 0.6 is 7.52 Å². The molecule has 0 bridgehead atoms. The van der Waals surface area contributed by atoms with Gasteiger partial charge in [0.2, 0.25) is 0 Å². The lowest BCUT2D eigenvalue weighted by Crippen LogP contribution is -2.03. The topological polar surface area (TPSA) is 92.9 Å². The van der Waals surface area contributed by atoms with Crippen LogP contribution in [0, 0.1) is 0 Å². The molecule has 0 aliphatic carbocycles. The predicted molar refractivity (Wildman–Crippen MR) is 68.2 cm³/mol. The van der Waals surface area contributed by atoms with Crippen molar-refractivity contribution in [3.05, 3.63) is 18.2 Å². The fourth-order valence-corrected chi connectivity index (χ4v) is 3.47. The van der Waals surface area contributed by atoms with Crippen LogP contribution in [-0.2, 0) is 4.57 Å². The molecule has 8 heteroatoms. The summed E-state index contributed by atoms with van der Waals surface area (Å²) in [6.07, 6.45) is 2.98. The molecule has 0 fully saturated rings. The molecular weight excluding hydrogens is 253 g/mol. The van der Waals surface area contributed by atoms with E-state index in [1.54, 1.807) is 10.9 Å². The molecule has 7 nitrogen and oxygen atoms in total. The van der Waals surface area contributed by atoms with Crippen molar-refractivity contribution < 1.29 is 9.46 Å². The summed E-state index contributed by atoms with van der Waals surface area (Å²) in [7, 11) is -3.50. The third-order valence-corrected chi connectivity index (χ3v) is 4.14. The second-order valence-corrected chi connectivity index (χ2v) is 6.37. The van der Waals surface area contributed by atoms with Crippen LogP contribution in [0.3, 0.4) is 0 Å². The summed E-state index contributed by atoms with van der Waals surface area (Å²) < 4.78 is 13.9. The second-order valence-electron chi connectivity index (χ2n) is 4.43. The van der Waals surface area contributed by atoms with Gasteiger partial charge in [0.1, 0.15) is 18.2 Å². The Labute approximate surface area is 103 Å². The van der Waals surface area contributed by atoms with E-state index in [-0.39, 0.29) is 6.16 Å². The van der Waals surface area contributed by atoms with Crippen LogP contribution in [0.4, 0.5) is 5.82 Å². The largest absolute Gasteiger partial charge is 0.329 e. The molecule has 0 saturated carbocycles. The molecule has 0 spiro atoms. The van der Waals surface area contributed by atoms with E-state index in [0.29, 0.717) is 17.0 Å². The molecule has 0 radical (unpaired) electrons. The molecule has 2 aromatic heterocycles. The van der Waals surface area contributed by atoms with Crippen LogP contribution in [0.25, 0.3) is 16.9 Å². The average Bonchev–Trinajstić information content (AvgIpc) is 2.64. The summed E-state index contributed by atoms with van der Waals surface area (Å²) >= 11 is 0. The van der Waals surface area contributed by atoms with E-state index in [2.05, 4.69) is 20.0 Å². The minimum absolute atomic E-state index is 0.0388. The number of nitrogens with zero attached hydrogens (tertiary/aromatic N) is 4. The Hall–Kier alpha value is -1.72. The summed E-state index contributed by atoms with van der Waals surface area (Å²) in [5.74, 6) is 0.347. The molecule has 1 aliphatic heterocycles. The van der Waals surface area contributed by atoms with E-state index in [9.17, 15) is 9.46 Å². The third kappa shape index (κ3) is 1.63. The fraction of sp³-hybridized carbons (Fsp3) is 0.300. The van der Waals surface area contributed by atoms with Gasteiger partial charge < -0.3 is 4.89 Å². The zero-order valence-electron chi connectivity index (χ0n) is 9.95. The summed E-state index contributed by atoms with van der Waals surface area (Å²) in [6, 6.07) is 0. The SMILES string of the molecule is CC(C)=C1CP(=O)(O)Nc2ncnc3ncn1c23. The van der Waals surface area contributed by atoms with Crippen molar-refractivity contribution in [3.8, 4) is 0 Å². The monoisotopic (exact) mass is 265 g/mol. The van der Waals surface area contributed by atoms with Gasteiger partial charge in [0.15, 0.2) is 11.5 Å². The van der Waals surface area contributed by atoms with E-state index in [1.165, 1.54) is 6.33 Å². The third-order valence-electron chi connectivity index (χ3n) is 2.85. The molecule has 1 atom stereocenters. The number of nitrogens with one attached hydrogen (secondary N) is 1. The smallest absolute Gasteiger partial charge is 0.298 e. The van der Waals surface area contributed by atoms with Crippen molar-refractivity contribution in [2.45, 2.75) is 13.8 Å². The summed E-state index contributed by atoms with van der Waals surface area (Å²) in [5, 5.41) is 2.60. The van der Waals surface area contributed by atoms with Gasteiger partial charge in [-0.25, -0.2) is 15.0 Å². The molecule has 94 valence electrons. The number of hydrogen-bond donors (Lipinski definition) is 2. The highest BCUT2D eigenvalue weighted by molar-refractivity contribution is 7.60. The van der Waals surface area contributed by atoms with E-state index >= 15 is 0 Å². The van der Waals surface area contributed by atoms with Crippen LogP contribution in [-0.4, -0.2) is 30.6 Å². The average molecular weight is 265 g/mol. The summed E-state index contributed by atoms with van der Waals surface area (Å²) in [4.78, 5) is 22.2. The Morgan fingerprint density at radius 2 is 2.22 bits per heavy atom. The molecule has 18 heavy (non-hydrogen) atoms. The van der Waals surface area contributed by atoms with Gasteiger partial charge >= 0.3 is 0 Å². The lowest BCUT2D eigenvalue weighted by Gasteiger charge is -2.12. The number of anilines is 1. The zero-order valence-corrected chi connectivity index (χ0v) is 10.8. The highest BCUT2D eigenvalue weighted by atomic mass is 31.2. The molecule has 3 rings (SSSR count). The predicted octanol–water partition coefficient (Wildman–Crippen LogP) is 1.69. The first kappa shape index (κ1) is 11.4. The van der Waals surface area contributed by atoms with Crippen molar-refractivity contribution in [3.63, 3.8) is 0 Å². The molecule has 1 unspecified atom stereocenters. The molecule has 0 amide bonds. The lowest BCUT2D eigenvalue weighted by molar-refractivity contribution is 0.488. The van der Waals surface area contributed by atoms with Gasteiger partial charge in [-0.1, -0.05) is 5.57 Å². The molecular formula is C10H12N5O2P. The van der Waals surface area contributed by atoms with Gasteiger partial charge in [0, 0.05) is 5.70 Å². The van der Waals surface area contributed by atoms with Gasteiger partial charge in [0.25, 0.3) is 7.52 Å². The number of imidazole rings is 1. The van der Waals surface area contributed by atoms with Crippen molar-refractivity contribution in [1.82, 2.24) is 19.5 Å². The molecule has 0 aromatic carbocycles. The Kier molecular flexibility index (Phi) is 2.30. The second kappa shape index (κ2) is 3.63.